The predicted molar refractivity (Wildman–Crippen MR) is 63.7 cm³/mol. The van der Waals surface area contributed by atoms with Crippen molar-refractivity contribution in [3.05, 3.63) is 29.6 Å². The van der Waals surface area contributed by atoms with Gasteiger partial charge in [0.25, 0.3) is 5.91 Å². The van der Waals surface area contributed by atoms with Crippen molar-refractivity contribution in [3.63, 3.8) is 0 Å². The largest absolute Gasteiger partial charge is 0.280 e. The average molecular weight is 225 g/mol. The van der Waals surface area contributed by atoms with Crippen molar-refractivity contribution in [2.24, 2.45) is 0 Å². The first-order valence-electron chi connectivity index (χ1n) is 4.44. The summed E-state index contributed by atoms with van der Waals surface area (Å²) in [5.41, 5.74) is 2.04. The van der Waals surface area contributed by atoms with Gasteiger partial charge in [0.1, 0.15) is 0 Å². The SMILES string of the molecule is CC(C)c1ccc2n1C(=O)C=C2SS. The van der Waals surface area contributed by atoms with Gasteiger partial charge in [-0.05, 0) is 18.1 Å². The molecule has 1 aromatic heterocycles. The van der Waals surface area contributed by atoms with Gasteiger partial charge < -0.3 is 0 Å². The first-order valence-corrected chi connectivity index (χ1v) is 6.31. The molecule has 0 saturated carbocycles. The van der Waals surface area contributed by atoms with Crippen molar-refractivity contribution in [2.75, 3.05) is 0 Å². The van der Waals surface area contributed by atoms with E-state index in [1.54, 1.807) is 10.6 Å². The Kier molecular flexibility index (Phi) is 2.49. The number of thiol groups is 1. The molecule has 2 nitrogen and oxygen atoms in total. The molecule has 0 aromatic carbocycles. The topological polar surface area (TPSA) is 22.0 Å². The fraction of sp³-hybridized carbons (Fsp3) is 0.300. The van der Waals surface area contributed by atoms with E-state index in [1.807, 2.05) is 12.1 Å². The summed E-state index contributed by atoms with van der Waals surface area (Å²) in [6.45, 7) is 4.17. The number of hydrogen-bond acceptors (Lipinski definition) is 3. The van der Waals surface area contributed by atoms with E-state index in [0.717, 1.165) is 16.3 Å². The zero-order valence-electron chi connectivity index (χ0n) is 8.02. The van der Waals surface area contributed by atoms with E-state index in [1.165, 1.54) is 10.8 Å². The molecular weight excluding hydrogens is 214 g/mol. The third kappa shape index (κ3) is 1.33. The molecule has 0 amide bonds. The molecule has 1 aliphatic rings. The quantitative estimate of drug-likeness (QED) is 0.617. The van der Waals surface area contributed by atoms with Crippen molar-refractivity contribution in [1.82, 2.24) is 4.57 Å². The van der Waals surface area contributed by atoms with E-state index in [0.29, 0.717) is 5.92 Å². The standard InChI is InChI=1S/C10H11NOS2/c1-6(2)7-3-4-8-9(14-13)5-10(12)11(7)8/h3-6,13H,1-2H3. The summed E-state index contributed by atoms with van der Waals surface area (Å²) in [5, 5.41) is 0. The summed E-state index contributed by atoms with van der Waals surface area (Å²) in [4.78, 5) is 12.6. The van der Waals surface area contributed by atoms with E-state index in [-0.39, 0.29) is 5.91 Å². The molecule has 0 unspecified atom stereocenters. The van der Waals surface area contributed by atoms with Crippen LogP contribution in [-0.4, -0.2) is 10.5 Å². The van der Waals surface area contributed by atoms with Gasteiger partial charge >= 0.3 is 0 Å². The maximum Gasteiger partial charge on any atom is 0.256 e. The second-order valence-electron chi connectivity index (χ2n) is 3.57. The maximum atomic E-state index is 11.7. The van der Waals surface area contributed by atoms with E-state index in [2.05, 4.69) is 25.5 Å². The molecule has 0 spiro atoms. The van der Waals surface area contributed by atoms with Crippen molar-refractivity contribution in [2.45, 2.75) is 19.8 Å². The Morgan fingerprint density at radius 3 is 2.71 bits per heavy atom. The van der Waals surface area contributed by atoms with E-state index in [4.69, 9.17) is 0 Å². The van der Waals surface area contributed by atoms with Crippen LogP contribution in [0.5, 0.6) is 0 Å². The molecule has 0 saturated heterocycles. The molecular formula is C10H11NOS2. The summed E-state index contributed by atoms with van der Waals surface area (Å²) < 4.78 is 1.77. The van der Waals surface area contributed by atoms with Gasteiger partial charge in [-0.3, -0.25) is 9.36 Å². The van der Waals surface area contributed by atoms with Gasteiger partial charge in [0.05, 0.1) is 5.69 Å². The lowest BCUT2D eigenvalue weighted by Crippen LogP contribution is -2.09. The molecule has 2 heterocycles. The van der Waals surface area contributed by atoms with Crippen LogP contribution in [0.25, 0.3) is 4.91 Å². The van der Waals surface area contributed by atoms with Gasteiger partial charge in [0.15, 0.2) is 0 Å². The van der Waals surface area contributed by atoms with Crippen LogP contribution in [0.3, 0.4) is 0 Å². The molecule has 4 heteroatoms. The minimum Gasteiger partial charge on any atom is -0.280 e. The molecule has 0 N–H and O–H groups in total. The number of carbonyl (C=O) groups is 1. The second kappa shape index (κ2) is 3.51. The van der Waals surface area contributed by atoms with Crippen LogP contribution in [0.15, 0.2) is 18.2 Å². The maximum absolute atomic E-state index is 11.7. The third-order valence-electron chi connectivity index (χ3n) is 2.33. The van der Waals surface area contributed by atoms with E-state index >= 15 is 0 Å². The lowest BCUT2D eigenvalue weighted by molar-refractivity contribution is 0.0970. The number of fused-ring (bicyclic) bond motifs is 1. The lowest BCUT2D eigenvalue weighted by Gasteiger charge is -2.07. The molecule has 0 bridgehead atoms. The molecule has 0 fully saturated rings. The van der Waals surface area contributed by atoms with Crippen LogP contribution in [0.1, 0.15) is 35.9 Å². The molecule has 0 aliphatic carbocycles. The summed E-state index contributed by atoms with van der Waals surface area (Å²) in [6.07, 6.45) is 1.64. The Morgan fingerprint density at radius 1 is 1.43 bits per heavy atom. The zero-order valence-corrected chi connectivity index (χ0v) is 9.73. The first kappa shape index (κ1) is 9.93. The van der Waals surface area contributed by atoms with Crippen molar-refractivity contribution in [1.29, 1.82) is 0 Å². The molecule has 0 radical (unpaired) electrons. The molecule has 1 aromatic rings. The highest BCUT2D eigenvalue weighted by Crippen LogP contribution is 2.36. The molecule has 2 rings (SSSR count). The predicted octanol–water partition coefficient (Wildman–Crippen LogP) is 3.18. The van der Waals surface area contributed by atoms with Crippen molar-refractivity contribution >= 4 is 33.3 Å². The number of aromatic nitrogens is 1. The summed E-state index contributed by atoms with van der Waals surface area (Å²) in [6, 6.07) is 3.99. The van der Waals surface area contributed by atoms with Gasteiger partial charge in [-0.25, -0.2) is 0 Å². The van der Waals surface area contributed by atoms with Gasteiger partial charge in [0.2, 0.25) is 0 Å². The number of rotatable bonds is 2. The Labute approximate surface area is 92.2 Å². The van der Waals surface area contributed by atoms with Crippen molar-refractivity contribution in [3.8, 4) is 0 Å². The molecule has 14 heavy (non-hydrogen) atoms. The van der Waals surface area contributed by atoms with E-state index < -0.39 is 0 Å². The Balaban J connectivity index is 2.54. The highest BCUT2D eigenvalue weighted by Gasteiger charge is 2.24. The van der Waals surface area contributed by atoms with Crippen LogP contribution in [0.2, 0.25) is 0 Å². The fourth-order valence-electron chi connectivity index (χ4n) is 1.67. The van der Waals surface area contributed by atoms with Crippen LogP contribution in [-0.2, 0) is 0 Å². The second-order valence-corrected chi connectivity index (χ2v) is 4.74. The van der Waals surface area contributed by atoms with Crippen LogP contribution in [0, 0.1) is 0 Å². The minimum atomic E-state index is 0.0465. The minimum absolute atomic E-state index is 0.0465. The van der Waals surface area contributed by atoms with Gasteiger partial charge in [-0.1, -0.05) is 24.6 Å². The molecule has 0 atom stereocenters. The number of carbonyl (C=O) groups excluding carboxylic acids is 1. The summed E-state index contributed by atoms with van der Waals surface area (Å²) >= 11 is 4.12. The lowest BCUT2D eigenvalue weighted by atomic mass is 10.1. The number of hydrogen-bond donors (Lipinski definition) is 1. The monoisotopic (exact) mass is 225 g/mol. The van der Waals surface area contributed by atoms with Gasteiger partial charge in [0, 0.05) is 16.7 Å². The van der Waals surface area contributed by atoms with Crippen molar-refractivity contribution < 1.29 is 4.79 Å². The highest BCUT2D eigenvalue weighted by molar-refractivity contribution is 8.72. The zero-order chi connectivity index (χ0) is 10.3. The summed E-state index contributed by atoms with van der Waals surface area (Å²) in [7, 11) is 1.32. The number of allylic oxidation sites excluding steroid dienone is 1. The molecule has 1 aliphatic heterocycles. The van der Waals surface area contributed by atoms with Gasteiger partial charge in [-0.2, -0.15) is 0 Å². The fourth-order valence-corrected chi connectivity index (χ4v) is 2.51. The average Bonchev–Trinajstić information content (AvgIpc) is 2.67. The highest BCUT2D eigenvalue weighted by atomic mass is 33.1. The number of nitrogens with zero attached hydrogens (tertiary/aromatic N) is 1. The van der Waals surface area contributed by atoms with Gasteiger partial charge in [-0.15, -0.1) is 11.7 Å². The normalized spacial score (nSPS) is 14.9. The van der Waals surface area contributed by atoms with Crippen LogP contribution in [0.4, 0.5) is 0 Å². The first-order chi connectivity index (χ1) is 6.65. The third-order valence-corrected chi connectivity index (χ3v) is 3.44. The smallest absolute Gasteiger partial charge is 0.256 e. The Bertz CT molecular complexity index is 418. The van der Waals surface area contributed by atoms with Crippen LogP contribution < -0.4 is 0 Å². The molecule has 74 valence electrons. The van der Waals surface area contributed by atoms with Crippen LogP contribution >= 0.6 is 22.5 Å². The Morgan fingerprint density at radius 2 is 2.14 bits per heavy atom. The summed E-state index contributed by atoms with van der Waals surface area (Å²) in [5.74, 6) is 0.413. The van der Waals surface area contributed by atoms with E-state index in [9.17, 15) is 4.79 Å². The Hall–Kier alpha value is -0.610.